The summed E-state index contributed by atoms with van der Waals surface area (Å²) in [7, 11) is 0. The van der Waals surface area contributed by atoms with E-state index in [0.29, 0.717) is 16.3 Å². The number of aromatic nitrogens is 2. The minimum atomic E-state index is -0.934. The van der Waals surface area contributed by atoms with Crippen LogP contribution in [0.15, 0.2) is 24.3 Å². The zero-order valence-electron chi connectivity index (χ0n) is 13.3. The molecular formula is C16H16N4O3S. The Morgan fingerprint density at radius 2 is 1.83 bits per heavy atom. The molecule has 0 saturated heterocycles. The first-order valence-corrected chi connectivity index (χ1v) is 8.44. The highest BCUT2D eigenvalue weighted by Gasteiger charge is 2.40. The Bertz CT molecular complexity index is 782. The van der Waals surface area contributed by atoms with Gasteiger partial charge in [0.2, 0.25) is 11.0 Å². The molecule has 3 amide bonds. The molecule has 2 aromatic rings. The zero-order valence-corrected chi connectivity index (χ0v) is 14.1. The summed E-state index contributed by atoms with van der Waals surface area (Å²) in [6, 6.07) is 5.61. The molecule has 1 aliphatic rings. The maximum Gasteiger partial charge on any atom is 0.262 e. The van der Waals surface area contributed by atoms with Gasteiger partial charge in [-0.05, 0) is 25.5 Å². The highest BCUT2D eigenvalue weighted by atomic mass is 32.1. The maximum absolute atomic E-state index is 12.4. The number of amides is 3. The lowest BCUT2D eigenvalue weighted by atomic mass is 10.1. The molecule has 1 aromatic heterocycles. The molecule has 1 N–H and O–H groups in total. The number of hydrogen-bond acceptors (Lipinski definition) is 6. The van der Waals surface area contributed by atoms with E-state index in [1.54, 1.807) is 24.3 Å². The number of fused-ring (bicyclic) bond motifs is 1. The van der Waals surface area contributed by atoms with Gasteiger partial charge in [0.05, 0.1) is 11.1 Å². The Hall–Kier alpha value is -2.61. The van der Waals surface area contributed by atoms with Gasteiger partial charge in [0.15, 0.2) is 0 Å². The summed E-state index contributed by atoms with van der Waals surface area (Å²) in [5, 5.41) is 11.7. The Labute approximate surface area is 142 Å². The summed E-state index contributed by atoms with van der Waals surface area (Å²) in [6.45, 7) is 3.55. The average Bonchev–Trinajstić information content (AvgIpc) is 3.11. The monoisotopic (exact) mass is 344 g/mol. The lowest BCUT2D eigenvalue weighted by Crippen LogP contribution is -2.45. The number of carbonyl (C=O) groups is 3. The molecule has 1 aliphatic heterocycles. The van der Waals surface area contributed by atoms with Gasteiger partial charge in [-0.25, -0.2) is 0 Å². The van der Waals surface area contributed by atoms with Crippen molar-refractivity contribution in [2.75, 3.05) is 5.32 Å². The molecule has 1 unspecified atom stereocenters. The smallest absolute Gasteiger partial charge is 0.262 e. The molecule has 0 spiro atoms. The number of nitrogens with one attached hydrogen (secondary N) is 1. The highest BCUT2D eigenvalue weighted by Crippen LogP contribution is 2.25. The molecule has 2 heterocycles. The van der Waals surface area contributed by atoms with Gasteiger partial charge in [0.1, 0.15) is 11.0 Å². The van der Waals surface area contributed by atoms with Gasteiger partial charge in [0, 0.05) is 6.42 Å². The van der Waals surface area contributed by atoms with E-state index >= 15 is 0 Å². The van der Waals surface area contributed by atoms with Gasteiger partial charge >= 0.3 is 0 Å². The maximum atomic E-state index is 12.4. The molecule has 0 aliphatic carbocycles. The normalized spacial score (nSPS) is 14.7. The van der Waals surface area contributed by atoms with Crippen LogP contribution in [0.25, 0.3) is 0 Å². The average molecular weight is 344 g/mol. The molecule has 124 valence electrons. The first-order valence-electron chi connectivity index (χ1n) is 7.63. The molecule has 3 rings (SSSR count). The molecule has 1 atom stereocenters. The predicted octanol–water partition coefficient (Wildman–Crippen LogP) is 2.11. The minimum absolute atomic E-state index is 0.322. The van der Waals surface area contributed by atoms with E-state index in [2.05, 4.69) is 15.5 Å². The van der Waals surface area contributed by atoms with Crippen molar-refractivity contribution in [3.63, 3.8) is 0 Å². The van der Waals surface area contributed by atoms with E-state index in [1.165, 1.54) is 18.3 Å². The Morgan fingerprint density at radius 1 is 1.21 bits per heavy atom. The van der Waals surface area contributed by atoms with Gasteiger partial charge < -0.3 is 0 Å². The van der Waals surface area contributed by atoms with Crippen molar-refractivity contribution in [2.45, 2.75) is 32.7 Å². The van der Waals surface area contributed by atoms with Crippen LogP contribution < -0.4 is 5.32 Å². The van der Waals surface area contributed by atoms with Crippen LogP contribution in [0.5, 0.6) is 0 Å². The van der Waals surface area contributed by atoms with Crippen LogP contribution in [0.4, 0.5) is 5.13 Å². The molecule has 0 radical (unpaired) electrons. The molecule has 0 saturated carbocycles. The third-order valence-electron chi connectivity index (χ3n) is 3.75. The molecular weight excluding hydrogens is 328 g/mol. The van der Waals surface area contributed by atoms with E-state index in [9.17, 15) is 14.4 Å². The van der Waals surface area contributed by atoms with Crippen LogP contribution in [0, 0.1) is 0 Å². The van der Waals surface area contributed by atoms with Gasteiger partial charge in [-0.15, -0.1) is 10.2 Å². The fraction of sp³-hybridized carbons (Fsp3) is 0.312. The summed E-state index contributed by atoms with van der Waals surface area (Å²) >= 11 is 1.29. The van der Waals surface area contributed by atoms with Crippen LogP contribution in [0.2, 0.25) is 0 Å². The molecule has 7 nitrogen and oxygen atoms in total. The van der Waals surface area contributed by atoms with Crippen molar-refractivity contribution in [1.29, 1.82) is 0 Å². The minimum Gasteiger partial charge on any atom is -0.299 e. The van der Waals surface area contributed by atoms with Crippen molar-refractivity contribution in [3.8, 4) is 0 Å². The van der Waals surface area contributed by atoms with E-state index in [0.717, 1.165) is 22.7 Å². The Kier molecular flexibility index (Phi) is 4.39. The van der Waals surface area contributed by atoms with Crippen molar-refractivity contribution in [1.82, 2.24) is 15.1 Å². The first-order chi connectivity index (χ1) is 11.5. The summed E-state index contributed by atoms with van der Waals surface area (Å²) in [5.74, 6) is -1.38. The quantitative estimate of drug-likeness (QED) is 0.839. The number of anilines is 1. The van der Waals surface area contributed by atoms with Gasteiger partial charge in [-0.2, -0.15) is 0 Å². The second-order valence-electron chi connectivity index (χ2n) is 5.44. The van der Waals surface area contributed by atoms with Crippen molar-refractivity contribution in [3.05, 3.63) is 40.4 Å². The number of carbonyl (C=O) groups excluding carboxylic acids is 3. The summed E-state index contributed by atoms with van der Waals surface area (Å²) in [4.78, 5) is 38.2. The lowest BCUT2D eigenvalue weighted by molar-refractivity contribution is -0.119. The number of aryl methyl sites for hydroxylation is 1. The van der Waals surface area contributed by atoms with Crippen LogP contribution >= 0.6 is 11.3 Å². The van der Waals surface area contributed by atoms with Gasteiger partial charge in [0.25, 0.3) is 11.8 Å². The van der Waals surface area contributed by atoms with Crippen LogP contribution in [-0.4, -0.2) is 38.9 Å². The Morgan fingerprint density at radius 3 is 2.42 bits per heavy atom. The summed E-state index contributed by atoms with van der Waals surface area (Å²) in [5.41, 5.74) is 0.645. The fourth-order valence-electron chi connectivity index (χ4n) is 2.51. The SMILES string of the molecule is CCCc1nnc(NC(=O)C(C)N2C(=O)c3ccccc3C2=O)s1. The fourth-order valence-corrected chi connectivity index (χ4v) is 3.35. The summed E-state index contributed by atoms with van der Waals surface area (Å²) in [6.07, 6.45) is 1.73. The standard InChI is InChI=1S/C16H16N4O3S/c1-3-6-12-18-19-16(24-12)17-13(21)9(2)20-14(22)10-7-4-5-8-11(10)15(20)23/h4-5,7-9H,3,6H2,1-2H3,(H,17,19,21). The lowest BCUT2D eigenvalue weighted by Gasteiger charge is -2.20. The van der Waals surface area contributed by atoms with Crippen LogP contribution in [0.1, 0.15) is 46.0 Å². The number of hydrogen-bond donors (Lipinski definition) is 1. The van der Waals surface area contributed by atoms with E-state index in [1.807, 2.05) is 6.92 Å². The summed E-state index contributed by atoms with van der Waals surface area (Å²) < 4.78 is 0. The third-order valence-corrected chi connectivity index (χ3v) is 4.65. The number of benzene rings is 1. The number of nitrogens with zero attached hydrogens (tertiary/aromatic N) is 3. The third kappa shape index (κ3) is 2.80. The van der Waals surface area contributed by atoms with Crippen LogP contribution in [-0.2, 0) is 11.2 Å². The second kappa shape index (κ2) is 6.48. The van der Waals surface area contributed by atoms with Crippen molar-refractivity contribution < 1.29 is 14.4 Å². The van der Waals surface area contributed by atoms with Crippen LogP contribution in [0.3, 0.4) is 0 Å². The predicted molar refractivity (Wildman–Crippen MR) is 88.9 cm³/mol. The van der Waals surface area contributed by atoms with Crippen molar-refractivity contribution >= 4 is 34.2 Å². The van der Waals surface area contributed by atoms with E-state index < -0.39 is 23.8 Å². The first kappa shape index (κ1) is 16.3. The van der Waals surface area contributed by atoms with Gasteiger partial charge in [-0.3, -0.25) is 24.6 Å². The Balaban J connectivity index is 1.74. The molecule has 8 heteroatoms. The highest BCUT2D eigenvalue weighted by molar-refractivity contribution is 7.15. The van der Waals surface area contributed by atoms with E-state index in [4.69, 9.17) is 0 Å². The number of imide groups is 1. The zero-order chi connectivity index (χ0) is 17.3. The van der Waals surface area contributed by atoms with Crippen molar-refractivity contribution in [2.24, 2.45) is 0 Å². The molecule has 24 heavy (non-hydrogen) atoms. The largest absolute Gasteiger partial charge is 0.299 e. The molecule has 0 bridgehead atoms. The molecule has 0 fully saturated rings. The number of rotatable bonds is 5. The van der Waals surface area contributed by atoms with E-state index in [-0.39, 0.29) is 0 Å². The second-order valence-corrected chi connectivity index (χ2v) is 6.50. The topological polar surface area (TPSA) is 92.3 Å². The molecule has 1 aromatic carbocycles. The van der Waals surface area contributed by atoms with Gasteiger partial charge in [-0.1, -0.05) is 30.4 Å².